The van der Waals surface area contributed by atoms with E-state index in [0.717, 1.165) is 42.0 Å². The lowest BCUT2D eigenvalue weighted by molar-refractivity contribution is 0.0977. The number of nitrogens with zero attached hydrogens (tertiary/aromatic N) is 3. The number of amides is 1. The van der Waals surface area contributed by atoms with E-state index < -0.39 is 15.9 Å². The zero-order valence-corrected chi connectivity index (χ0v) is 23.5. The number of aryl methyl sites for hydroxylation is 1. The molecule has 12 heteroatoms. The van der Waals surface area contributed by atoms with Crippen molar-refractivity contribution in [1.82, 2.24) is 19.3 Å². The van der Waals surface area contributed by atoms with Crippen molar-refractivity contribution < 1.29 is 17.9 Å². The van der Waals surface area contributed by atoms with Gasteiger partial charge in [-0.25, -0.2) is 23.1 Å². The van der Waals surface area contributed by atoms with Gasteiger partial charge in [0.2, 0.25) is 0 Å². The Hall–Kier alpha value is -2.66. The van der Waals surface area contributed by atoms with Crippen molar-refractivity contribution >= 4 is 61.6 Å². The standard InChI is InChI=1S/C25H26Cl2N4O4S2/c1-3-5-6-13-35-17-8-7-16(18(26)14-17)15-31-22(4-2)28-19-9-10-20(29-24(19)31)25(32)30-37(33,34)23-12-11-21(27)36-23/h7-12,14H,3-6,13,15H2,1-2H3,(H,30,32). The van der Waals surface area contributed by atoms with Crippen molar-refractivity contribution in [2.75, 3.05) is 6.61 Å². The lowest BCUT2D eigenvalue weighted by Crippen LogP contribution is -2.30. The maximum atomic E-state index is 12.8. The molecule has 0 spiro atoms. The van der Waals surface area contributed by atoms with Gasteiger partial charge in [0.25, 0.3) is 15.9 Å². The number of aromatic nitrogens is 3. The molecule has 0 aliphatic rings. The van der Waals surface area contributed by atoms with Crippen molar-refractivity contribution in [3.8, 4) is 5.75 Å². The maximum Gasteiger partial charge on any atom is 0.283 e. The van der Waals surface area contributed by atoms with Crippen LogP contribution in [0.15, 0.2) is 46.7 Å². The number of ether oxygens (including phenoxy) is 1. The molecule has 196 valence electrons. The van der Waals surface area contributed by atoms with Crippen LogP contribution in [0, 0.1) is 0 Å². The number of carbonyl (C=O) groups excluding carboxylic acids is 1. The van der Waals surface area contributed by atoms with Gasteiger partial charge in [-0.15, -0.1) is 11.3 Å². The third-order valence-corrected chi connectivity index (χ3v) is 9.04. The van der Waals surface area contributed by atoms with Crippen LogP contribution in [0.3, 0.4) is 0 Å². The Morgan fingerprint density at radius 2 is 1.89 bits per heavy atom. The third-order valence-electron chi connectivity index (χ3n) is 5.63. The number of fused-ring (bicyclic) bond motifs is 1. The van der Waals surface area contributed by atoms with Crippen LogP contribution in [-0.4, -0.2) is 35.5 Å². The normalized spacial score (nSPS) is 11.7. The number of hydrogen-bond donors (Lipinski definition) is 1. The van der Waals surface area contributed by atoms with E-state index >= 15 is 0 Å². The Kier molecular flexibility index (Phi) is 8.74. The Morgan fingerprint density at radius 1 is 1.08 bits per heavy atom. The maximum absolute atomic E-state index is 12.8. The van der Waals surface area contributed by atoms with Gasteiger partial charge in [0.1, 0.15) is 27.0 Å². The molecule has 0 atom stereocenters. The Morgan fingerprint density at radius 3 is 2.57 bits per heavy atom. The van der Waals surface area contributed by atoms with E-state index in [1.54, 1.807) is 12.1 Å². The monoisotopic (exact) mass is 580 g/mol. The molecule has 4 rings (SSSR count). The average molecular weight is 582 g/mol. The van der Waals surface area contributed by atoms with Crippen LogP contribution < -0.4 is 9.46 Å². The minimum absolute atomic E-state index is 0.0514. The highest BCUT2D eigenvalue weighted by atomic mass is 35.5. The third kappa shape index (κ3) is 6.43. The second-order valence-electron chi connectivity index (χ2n) is 8.31. The summed E-state index contributed by atoms with van der Waals surface area (Å²) in [6.45, 7) is 5.13. The first kappa shape index (κ1) is 27.4. The molecular weight excluding hydrogens is 555 g/mol. The van der Waals surface area contributed by atoms with Gasteiger partial charge in [0.15, 0.2) is 5.65 Å². The summed E-state index contributed by atoms with van der Waals surface area (Å²) in [5.74, 6) is 0.623. The second kappa shape index (κ2) is 11.8. The van der Waals surface area contributed by atoms with Crippen LogP contribution in [0.1, 0.15) is 55.0 Å². The number of imidazole rings is 1. The molecule has 0 saturated carbocycles. The first-order chi connectivity index (χ1) is 17.7. The number of carbonyl (C=O) groups is 1. The number of pyridine rings is 1. The van der Waals surface area contributed by atoms with E-state index in [2.05, 4.69) is 21.6 Å². The lowest BCUT2D eigenvalue weighted by atomic mass is 10.2. The van der Waals surface area contributed by atoms with Crippen molar-refractivity contribution in [3.05, 3.63) is 68.9 Å². The highest BCUT2D eigenvalue weighted by molar-refractivity contribution is 7.92. The number of nitrogens with one attached hydrogen (secondary N) is 1. The fraction of sp³-hybridized carbons (Fsp3) is 0.320. The fourth-order valence-electron chi connectivity index (χ4n) is 3.74. The van der Waals surface area contributed by atoms with Crippen LogP contribution in [-0.2, 0) is 23.0 Å². The molecule has 0 fully saturated rings. The van der Waals surface area contributed by atoms with Gasteiger partial charge < -0.3 is 9.30 Å². The van der Waals surface area contributed by atoms with Crippen molar-refractivity contribution in [3.63, 3.8) is 0 Å². The summed E-state index contributed by atoms with van der Waals surface area (Å²) in [5, 5.41) is 0.548. The van der Waals surface area contributed by atoms with E-state index in [0.29, 0.717) is 45.8 Å². The van der Waals surface area contributed by atoms with E-state index in [9.17, 15) is 13.2 Å². The van der Waals surface area contributed by atoms with E-state index in [-0.39, 0.29) is 9.90 Å². The summed E-state index contributed by atoms with van der Waals surface area (Å²) < 4.78 is 35.1. The van der Waals surface area contributed by atoms with Crippen LogP contribution >= 0.6 is 34.5 Å². The zero-order valence-electron chi connectivity index (χ0n) is 20.3. The molecule has 0 radical (unpaired) electrons. The van der Waals surface area contributed by atoms with Gasteiger partial charge >= 0.3 is 0 Å². The highest BCUT2D eigenvalue weighted by Crippen LogP contribution is 2.27. The topological polar surface area (TPSA) is 103 Å². The van der Waals surface area contributed by atoms with Crippen molar-refractivity contribution in [2.45, 2.75) is 50.3 Å². The molecule has 0 bridgehead atoms. The van der Waals surface area contributed by atoms with Gasteiger partial charge in [0.05, 0.1) is 17.5 Å². The lowest BCUT2D eigenvalue weighted by Gasteiger charge is -2.12. The Labute approximate surface area is 229 Å². The molecule has 0 saturated heterocycles. The van der Waals surface area contributed by atoms with Crippen molar-refractivity contribution in [1.29, 1.82) is 0 Å². The Balaban J connectivity index is 1.59. The number of halogens is 2. The average Bonchev–Trinajstić information content (AvgIpc) is 3.46. The molecule has 3 heterocycles. The summed E-state index contributed by atoms with van der Waals surface area (Å²) in [7, 11) is -4.08. The number of unbranched alkanes of at least 4 members (excludes halogenated alkanes) is 2. The fourth-order valence-corrected chi connectivity index (χ4v) is 6.41. The van der Waals surface area contributed by atoms with Gasteiger partial charge in [-0.1, -0.05) is 56.0 Å². The number of rotatable bonds is 11. The molecule has 1 aromatic carbocycles. The molecule has 37 heavy (non-hydrogen) atoms. The minimum atomic E-state index is -4.08. The first-order valence-corrected chi connectivity index (χ1v) is 14.9. The van der Waals surface area contributed by atoms with Crippen LogP contribution in [0.4, 0.5) is 0 Å². The molecule has 0 aliphatic carbocycles. The largest absolute Gasteiger partial charge is 0.494 e. The number of benzene rings is 1. The quantitative estimate of drug-likeness (QED) is 0.215. The first-order valence-electron chi connectivity index (χ1n) is 11.8. The number of sulfonamides is 1. The molecule has 1 N–H and O–H groups in total. The predicted octanol–water partition coefficient (Wildman–Crippen LogP) is 6.10. The molecule has 0 aliphatic heterocycles. The molecule has 1 amide bonds. The van der Waals surface area contributed by atoms with E-state index in [1.807, 2.05) is 23.6 Å². The zero-order chi connectivity index (χ0) is 26.6. The molecule has 3 aromatic heterocycles. The van der Waals surface area contributed by atoms with Crippen LogP contribution in [0.5, 0.6) is 5.75 Å². The summed E-state index contributed by atoms with van der Waals surface area (Å²) in [6.07, 6.45) is 3.85. The van der Waals surface area contributed by atoms with Crippen LogP contribution in [0.25, 0.3) is 11.2 Å². The van der Waals surface area contributed by atoms with Gasteiger partial charge in [0, 0.05) is 11.4 Å². The predicted molar refractivity (Wildman–Crippen MR) is 146 cm³/mol. The smallest absolute Gasteiger partial charge is 0.283 e. The molecule has 0 unspecified atom stereocenters. The summed E-state index contributed by atoms with van der Waals surface area (Å²) >= 11 is 13.3. The van der Waals surface area contributed by atoms with Gasteiger partial charge in [-0.05, 0) is 48.4 Å². The number of thiophene rings is 1. The van der Waals surface area contributed by atoms with E-state index in [4.69, 9.17) is 27.9 Å². The highest BCUT2D eigenvalue weighted by Gasteiger charge is 2.23. The summed E-state index contributed by atoms with van der Waals surface area (Å²) in [5.41, 5.74) is 1.83. The molecular formula is C25H26Cl2N4O4S2. The molecule has 4 aromatic rings. The minimum Gasteiger partial charge on any atom is -0.494 e. The second-order valence-corrected chi connectivity index (χ2v) is 12.3. The Bertz CT molecular complexity index is 1530. The van der Waals surface area contributed by atoms with Gasteiger partial charge in [-0.2, -0.15) is 0 Å². The molecule has 8 nitrogen and oxygen atoms in total. The van der Waals surface area contributed by atoms with Gasteiger partial charge in [-0.3, -0.25) is 4.79 Å². The summed E-state index contributed by atoms with van der Waals surface area (Å²) in [4.78, 5) is 21.9. The SMILES string of the molecule is CCCCCOc1ccc(Cn2c(CC)nc3ccc(C(=O)NS(=O)(=O)c4ccc(Cl)s4)nc32)c(Cl)c1. The number of hydrogen-bond acceptors (Lipinski definition) is 7. The van der Waals surface area contributed by atoms with Crippen molar-refractivity contribution in [2.24, 2.45) is 0 Å². The van der Waals surface area contributed by atoms with E-state index in [1.165, 1.54) is 18.2 Å². The van der Waals surface area contributed by atoms with Crippen LogP contribution in [0.2, 0.25) is 9.36 Å². The summed E-state index contributed by atoms with van der Waals surface area (Å²) in [6, 6.07) is 11.5.